The molecule has 0 unspecified atom stereocenters. The van der Waals surface area contributed by atoms with Crippen LogP contribution in [0.4, 0.5) is 5.82 Å². The zero-order chi connectivity index (χ0) is 19.3. The van der Waals surface area contributed by atoms with Crippen molar-refractivity contribution < 1.29 is 8.42 Å². The molecule has 1 aromatic carbocycles. The third kappa shape index (κ3) is 3.75. The number of rotatable bonds is 3. The number of piperidine rings is 1. The van der Waals surface area contributed by atoms with Crippen molar-refractivity contribution in [3.63, 3.8) is 0 Å². The minimum absolute atomic E-state index is 0.0423. The van der Waals surface area contributed by atoms with E-state index in [0.717, 1.165) is 45.4 Å². The fraction of sp³-hybridized carbons (Fsp3) is 0.529. The first-order valence-corrected chi connectivity index (χ1v) is 12.9. The van der Waals surface area contributed by atoms with Crippen molar-refractivity contribution in [2.24, 2.45) is 5.92 Å². The largest absolute Gasteiger partial charge is 0.356 e. The van der Waals surface area contributed by atoms with E-state index in [4.69, 9.17) is 11.6 Å². The number of nitrogens with zero attached hydrogens (tertiary/aromatic N) is 3. The molecule has 0 radical (unpaired) electrons. The number of anilines is 1. The minimum atomic E-state index is -3.04. The van der Waals surface area contributed by atoms with E-state index in [2.05, 4.69) is 20.9 Å². The molecule has 1 saturated heterocycles. The number of halogens is 2. The molecule has 0 bridgehead atoms. The predicted octanol–water partition coefficient (Wildman–Crippen LogP) is 3.18. The monoisotopic (exact) mass is 491 g/mol. The van der Waals surface area contributed by atoms with Gasteiger partial charge < -0.3 is 4.90 Å². The Morgan fingerprint density at radius 3 is 2.93 bits per heavy atom. The van der Waals surface area contributed by atoms with Crippen LogP contribution in [0, 0.1) is 5.92 Å². The van der Waals surface area contributed by atoms with Crippen molar-refractivity contribution in [1.82, 2.24) is 9.55 Å². The second-order valence-electron chi connectivity index (χ2n) is 7.16. The van der Waals surface area contributed by atoms with E-state index in [1.165, 1.54) is 6.26 Å². The summed E-state index contributed by atoms with van der Waals surface area (Å²) in [6.45, 7) is 1.95. The minimum Gasteiger partial charge on any atom is -0.356 e. The van der Waals surface area contributed by atoms with Crippen LogP contribution < -0.4 is 10.6 Å². The second-order valence-corrected chi connectivity index (χ2v) is 11.7. The molecular weight excluding hydrogens is 474 g/mol. The first kappa shape index (κ1) is 19.5. The second kappa shape index (κ2) is 7.24. The maximum atomic E-state index is 12.7. The Bertz CT molecular complexity index is 1090. The molecular formula is C17H19BrClN3O3S2. The lowest BCUT2D eigenvalue weighted by atomic mass is 9.99. The summed E-state index contributed by atoms with van der Waals surface area (Å²) in [7, 11) is -3.04. The highest BCUT2D eigenvalue weighted by Crippen LogP contribution is 2.43. The third-order valence-corrected chi connectivity index (χ3v) is 8.77. The fourth-order valence-electron chi connectivity index (χ4n) is 3.98. The van der Waals surface area contributed by atoms with Gasteiger partial charge in [0.05, 0.1) is 20.8 Å². The van der Waals surface area contributed by atoms with Gasteiger partial charge in [0.15, 0.2) is 0 Å². The molecule has 0 amide bonds. The molecule has 6 nitrogen and oxygen atoms in total. The number of hydrogen-bond donors (Lipinski definition) is 0. The van der Waals surface area contributed by atoms with Crippen LogP contribution in [-0.2, 0) is 16.4 Å². The number of sulfone groups is 1. The van der Waals surface area contributed by atoms with Crippen LogP contribution in [0.25, 0.3) is 10.9 Å². The SMILES string of the molecule is CS(=O)(=O)C[C@@H]1CCCN(c2nc(=O)n3c4c(c(Br)c(Cl)cc24)SCC3)C1. The van der Waals surface area contributed by atoms with Crippen molar-refractivity contribution in [3.05, 3.63) is 26.0 Å². The van der Waals surface area contributed by atoms with Crippen molar-refractivity contribution in [2.75, 3.05) is 35.8 Å². The highest BCUT2D eigenvalue weighted by atomic mass is 79.9. The molecule has 1 fully saturated rings. The first-order valence-electron chi connectivity index (χ1n) is 8.72. The molecule has 2 aliphatic heterocycles. The summed E-state index contributed by atoms with van der Waals surface area (Å²) in [6, 6.07) is 1.86. The number of thioether (sulfide) groups is 1. The Labute approximate surface area is 175 Å². The Morgan fingerprint density at radius 2 is 2.19 bits per heavy atom. The number of aromatic nitrogens is 2. The molecule has 146 valence electrons. The molecule has 1 atom stereocenters. The fourth-order valence-corrected chi connectivity index (χ4v) is 7.08. The van der Waals surface area contributed by atoms with Crippen molar-refractivity contribution >= 4 is 65.9 Å². The predicted molar refractivity (Wildman–Crippen MR) is 114 cm³/mol. The summed E-state index contributed by atoms with van der Waals surface area (Å²) in [5, 5.41) is 1.44. The van der Waals surface area contributed by atoms with E-state index in [1.807, 2.05) is 11.0 Å². The average molecular weight is 493 g/mol. The Hall–Kier alpha value is -0.770. The summed E-state index contributed by atoms with van der Waals surface area (Å²) in [5.41, 5.74) is 0.598. The van der Waals surface area contributed by atoms with E-state index < -0.39 is 9.84 Å². The van der Waals surface area contributed by atoms with Crippen LogP contribution in [0.1, 0.15) is 12.8 Å². The zero-order valence-corrected chi connectivity index (χ0v) is 18.7. The van der Waals surface area contributed by atoms with Crippen molar-refractivity contribution in [1.29, 1.82) is 0 Å². The van der Waals surface area contributed by atoms with Gasteiger partial charge in [-0.2, -0.15) is 4.98 Å². The van der Waals surface area contributed by atoms with Crippen LogP contribution in [-0.4, -0.2) is 48.8 Å². The molecule has 3 heterocycles. The maximum Gasteiger partial charge on any atom is 0.350 e. The summed E-state index contributed by atoms with van der Waals surface area (Å²) in [6.07, 6.45) is 3.01. The van der Waals surface area contributed by atoms with E-state index in [0.29, 0.717) is 23.9 Å². The number of hydrogen-bond acceptors (Lipinski definition) is 6. The van der Waals surface area contributed by atoms with Gasteiger partial charge in [0.2, 0.25) is 0 Å². The van der Waals surface area contributed by atoms with Crippen molar-refractivity contribution in [3.8, 4) is 0 Å². The lowest BCUT2D eigenvalue weighted by Gasteiger charge is -2.34. The summed E-state index contributed by atoms with van der Waals surface area (Å²) >= 11 is 11.7. The van der Waals surface area contributed by atoms with E-state index >= 15 is 0 Å². The molecule has 4 rings (SSSR count). The van der Waals surface area contributed by atoms with Crippen LogP contribution in [0.2, 0.25) is 5.02 Å². The number of aryl methyl sites for hydroxylation is 1. The van der Waals surface area contributed by atoms with Crippen LogP contribution in [0.3, 0.4) is 0 Å². The van der Waals surface area contributed by atoms with Crippen LogP contribution in [0.5, 0.6) is 0 Å². The van der Waals surface area contributed by atoms with Gasteiger partial charge in [-0.1, -0.05) is 11.6 Å². The highest BCUT2D eigenvalue weighted by Gasteiger charge is 2.28. The van der Waals surface area contributed by atoms with Gasteiger partial charge >= 0.3 is 5.69 Å². The molecule has 0 N–H and O–H groups in total. The summed E-state index contributed by atoms with van der Waals surface area (Å²) < 4.78 is 25.9. The highest BCUT2D eigenvalue weighted by molar-refractivity contribution is 9.10. The Morgan fingerprint density at radius 1 is 1.41 bits per heavy atom. The van der Waals surface area contributed by atoms with Crippen molar-refractivity contribution in [2.45, 2.75) is 24.3 Å². The standard InChI is InChI=1S/C17H19BrClN3O3S2/c1-27(24,25)9-10-3-2-4-21(8-10)16-11-7-12(19)13(18)15-14(11)22(5-6-26-15)17(23)20-16/h7,10H,2-6,8-9H2,1H3/t10-/m1/s1. The Balaban J connectivity index is 1.84. The van der Waals surface area contributed by atoms with E-state index in [1.54, 1.807) is 16.3 Å². The topological polar surface area (TPSA) is 72.3 Å². The van der Waals surface area contributed by atoms with Gasteiger partial charge in [-0.15, -0.1) is 11.8 Å². The Kier molecular flexibility index (Phi) is 5.24. The van der Waals surface area contributed by atoms with Gasteiger partial charge in [-0.3, -0.25) is 4.57 Å². The molecule has 2 aliphatic rings. The lowest BCUT2D eigenvalue weighted by Crippen LogP contribution is -2.40. The summed E-state index contributed by atoms with van der Waals surface area (Å²) in [4.78, 5) is 20.1. The molecule has 0 spiro atoms. The molecule has 0 saturated carbocycles. The smallest absolute Gasteiger partial charge is 0.350 e. The van der Waals surface area contributed by atoms with Gasteiger partial charge in [0, 0.05) is 41.9 Å². The van der Waals surface area contributed by atoms with Gasteiger partial charge in [-0.05, 0) is 40.8 Å². The van der Waals surface area contributed by atoms with Gasteiger partial charge in [0.25, 0.3) is 0 Å². The maximum absolute atomic E-state index is 12.7. The first-order chi connectivity index (χ1) is 12.7. The number of benzene rings is 1. The molecule has 10 heteroatoms. The van der Waals surface area contributed by atoms with E-state index in [-0.39, 0.29) is 17.4 Å². The molecule has 27 heavy (non-hydrogen) atoms. The normalized spacial score (nSPS) is 20.3. The summed E-state index contributed by atoms with van der Waals surface area (Å²) in [5.74, 6) is 1.61. The third-order valence-electron chi connectivity index (χ3n) is 5.01. The lowest BCUT2D eigenvalue weighted by molar-refractivity contribution is 0.442. The van der Waals surface area contributed by atoms with Gasteiger partial charge in [0.1, 0.15) is 15.7 Å². The molecule has 2 aromatic rings. The van der Waals surface area contributed by atoms with Crippen LogP contribution >= 0.6 is 39.3 Å². The van der Waals surface area contributed by atoms with Crippen LogP contribution in [0.15, 0.2) is 20.2 Å². The molecule has 0 aliphatic carbocycles. The zero-order valence-electron chi connectivity index (χ0n) is 14.7. The molecule has 1 aromatic heterocycles. The van der Waals surface area contributed by atoms with Gasteiger partial charge in [-0.25, -0.2) is 13.2 Å². The average Bonchev–Trinajstić information content (AvgIpc) is 2.60. The quantitative estimate of drug-likeness (QED) is 0.655. The van der Waals surface area contributed by atoms with E-state index in [9.17, 15) is 13.2 Å².